The molecule has 8 nitrogen and oxygen atoms in total. The molecule has 232 valence electrons. The molecule has 0 saturated carbocycles. The third-order valence-electron chi connectivity index (χ3n) is 8.57. The van der Waals surface area contributed by atoms with E-state index >= 15 is 0 Å². The van der Waals surface area contributed by atoms with E-state index in [1.165, 1.54) is 30.1 Å². The smallest absolute Gasteiger partial charge is 0.378 e. The van der Waals surface area contributed by atoms with Crippen molar-refractivity contribution in [3.05, 3.63) is 58.8 Å². The van der Waals surface area contributed by atoms with Gasteiger partial charge in [0.05, 0.1) is 34.9 Å². The quantitative estimate of drug-likeness (QED) is 0.414. The third-order valence-corrected chi connectivity index (χ3v) is 8.57. The number of halogens is 6. The van der Waals surface area contributed by atoms with Gasteiger partial charge in [-0.15, -0.1) is 0 Å². The third kappa shape index (κ3) is 5.56. The lowest BCUT2D eigenvalue weighted by molar-refractivity contribution is -0.145. The number of aryl methyl sites for hydroxylation is 1. The molecular weight excluding hydrogens is 580 g/mol. The fourth-order valence-electron chi connectivity index (χ4n) is 6.39. The Labute approximate surface area is 243 Å². The van der Waals surface area contributed by atoms with Gasteiger partial charge in [-0.2, -0.15) is 26.3 Å². The summed E-state index contributed by atoms with van der Waals surface area (Å²) in [6.07, 6.45) is -5.68. The van der Waals surface area contributed by atoms with Gasteiger partial charge in [-0.05, 0) is 49.8 Å². The fraction of sp³-hybridized carbons (Fsp3) is 0.517. The molecule has 3 aromatic rings. The Morgan fingerprint density at radius 3 is 2.12 bits per heavy atom. The van der Waals surface area contributed by atoms with Gasteiger partial charge in [0.2, 0.25) is 5.91 Å². The van der Waals surface area contributed by atoms with Crippen LogP contribution in [0.25, 0.3) is 10.9 Å². The zero-order valence-electron chi connectivity index (χ0n) is 23.6. The van der Waals surface area contributed by atoms with Gasteiger partial charge in [0.25, 0.3) is 5.91 Å². The van der Waals surface area contributed by atoms with Crippen molar-refractivity contribution >= 4 is 22.7 Å². The van der Waals surface area contributed by atoms with Gasteiger partial charge in [0.1, 0.15) is 5.60 Å². The van der Waals surface area contributed by atoms with Crippen LogP contribution in [0.15, 0.2) is 30.7 Å². The lowest BCUT2D eigenvalue weighted by atomic mass is 9.73. The predicted octanol–water partition coefficient (Wildman–Crippen LogP) is 5.13. The standard InChI is InChI=1S/C29H31F6N5O3/c1-17(41)39-12-8-18(9-13-39)27(43,22-15-36-16-38(22)2)19-6-7-21-20(14-19)24(28(30,31)32)23(25(37-21)29(33,34)35)26(42)40-10-4-3-5-11-40/h6-7,14-16,18,43H,3-5,8-13H2,1-2H3. The van der Waals surface area contributed by atoms with Crippen LogP contribution >= 0.6 is 0 Å². The summed E-state index contributed by atoms with van der Waals surface area (Å²) in [4.78, 5) is 35.6. The Morgan fingerprint density at radius 1 is 0.930 bits per heavy atom. The molecule has 14 heteroatoms. The molecule has 0 radical (unpaired) electrons. The lowest BCUT2D eigenvalue weighted by Gasteiger charge is -2.42. The zero-order chi connectivity index (χ0) is 31.3. The molecule has 0 bridgehead atoms. The topological polar surface area (TPSA) is 91.6 Å². The Hall–Kier alpha value is -3.68. The number of hydrogen-bond acceptors (Lipinski definition) is 5. The molecule has 1 unspecified atom stereocenters. The predicted molar refractivity (Wildman–Crippen MR) is 143 cm³/mol. The fourth-order valence-corrected chi connectivity index (χ4v) is 6.39. The van der Waals surface area contributed by atoms with Gasteiger partial charge in [-0.25, -0.2) is 9.97 Å². The van der Waals surface area contributed by atoms with Crippen LogP contribution in [0, 0.1) is 5.92 Å². The van der Waals surface area contributed by atoms with E-state index in [1.807, 2.05) is 0 Å². The lowest BCUT2D eigenvalue weighted by Crippen LogP contribution is -2.46. The summed E-state index contributed by atoms with van der Waals surface area (Å²) in [6.45, 7) is 2.08. The number of carbonyl (C=O) groups is 2. The number of amides is 2. The molecule has 2 aliphatic heterocycles. The van der Waals surface area contributed by atoms with Crippen LogP contribution < -0.4 is 0 Å². The number of alkyl halides is 6. The highest BCUT2D eigenvalue weighted by atomic mass is 19.4. The van der Waals surface area contributed by atoms with Crippen LogP contribution in [0.1, 0.15) is 71.9 Å². The van der Waals surface area contributed by atoms with Crippen molar-refractivity contribution in [3.63, 3.8) is 0 Å². The number of carbonyl (C=O) groups excluding carboxylic acids is 2. The molecule has 5 rings (SSSR count). The summed E-state index contributed by atoms with van der Waals surface area (Å²) in [5.41, 5.74) is -7.47. The first-order chi connectivity index (χ1) is 20.1. The highest BCUT2D eigenvalue weighted by Gasteiger charge is 2.48. The van der Waals surface area contributed by atoms with Gasteiger partial charge < -0.3 is 19.5 Å². The Morgan fingerprint density at radius 2 is 1.58 bits per heavy atom. The second-order valence-corrected chi connectivity index (χ2v) is 11.2. The maximum atomic E-state index is 14.8. The minimum absolute atomic E-state index is 0.0201. The van der Waals surface area contributed by atoms with Gasteiger partial charge >= 0.3 is 12.4 Å². The molecule has 2 saturated heterocycles. The first-order valence-electron chi connectivity index (χ1n) is 14.0. The molecule has 2 amide bonds. The number of fused-ring (bicyclic) bond motifs is 1. The Balaban J connectivity index is 1.76. The van der Waals surface area contributed by atoms with Crippen molar-refractivity contribution in [1.29, 1.82) is 0 Å². The van der Waals surface area contributed by atoms with E-state index in [4.69, 9.17) is 0 Å². The van der Waals surface area contributed by atoms with Crippen LogP contribution in [-0.2, 0) is 29.8 Å². The summed E-state index contributed by atoms with van der Waals surface area (Å²) in [6, 6.07) is 3.26. The number of nitrogens with zero attached hydrogens (tertiary/aromatic N) is 5. The van der Waals surface area contributed by atoms with Crippen molar-refractivity contribution in [2.75, 3.05) is 26.2 Å². The van der Waals surface area contributed by atoms with Gasteiger partial charge in [0.15, 0.2) is 5.69 Å². The average molecular weight is 612 g/mol. The molecule has 1 N–H and O–H groups in total. The largest absolute Gasteiger partial charge is 0.434 e. The maximum absolute atomic E-state index is 14.8. The number of piperidine rings is 2. The Bertz CT molecular complexity index is 1540. The molecule has 1 aromatic carbocycles. The molecule has 4 heterocycles. The maximum Gasteiger partial charge on any atom is 0.434 e. The summed E-state index contributed by atoms with van der Waals surface area (Å²) < 4.78 is 88.7. The molecule has 0 aliphatic carbocycles. The molecule has 0 spiro atoms. The second kappa shape index (κ2) is 11.1. The van der Waals surface area contributed by atoms with Crippen molar-refractivity contribution in [2.24, 2.45) is 13.0 Å². The van der Waals surface area contributed by atoms with Crippen molar-refractivity contribution in [3.8, 4) is 0 Å². The van der Waals surface area contributed by atoms with E-state index in [2.05, 4.69) is 9.97 Å². The van der Waals surface area contributed by atoms with Gasteiger partial charge in [-0.3, -0.25) is 9.59 Å². The number of aliphatic hydroxyl groups is 1. The zero-order valence-corrected chi connectivity index (χ0v) is 23.6. The molecule has 2 aromatic heterocycles. The number of benzene rings is 1. The second-order valence-electron chi connectivity index (χ2n) is 11.2. The van der Waals surface area contributed by atoms with Crippen LogP contribution in [0.3, 0.4) is 0 Å². The van der Waals surface area contributed by atoms with Crippen molar-refractivity contribution < 1.29 is 41.0 Å². The minimum Gasteiger partial charge on any atom is -0.378 e. The molecule has 2 fully saturated rings. The van der Waals surface area contributed by atoms with Crippen LogP contribution in [0.5, 0.6) is 0 Å². The van der Waals surface area contributed by atoms with E-state index in [9.17, 15) is 41.0 Å². The van der Waals surface area contributed by atoms with E-state index in [-0.39, 0.29) is 30.3 Å². The monoisotopic (exact) mass is 611 g/mol. The van der Waals surface area contributed by atoms with E-state index < -0.39 is 57.5 Å². The number of imidazole rings is 1. The van der Waals surface area contributed by atoms with Gasteiger partial charge in [0, 0.05) is 51.5 Å². The highest BCUT2D eigenvalue weighted by Crippen LogP contribution is 2.46. The van der Waals surface area contributed by atoms with E-state index in [0.717, 1.165) is 17.0 Å². The molecule has 1 atom stereocenters. The van der Waals surface area contributed by atoms with Crippen LogP contribution in [-0.4, -0.2) is 67.4 Å². The van der Waals surface area contributed by atoms with Gasteiger partial charge in [-0.1, -0.05) is 6.07 Å². The van der Waals surface area contributed by atoms with Crippen LogP contribution in [0.4, 0.5) is 26.3 Å². The summed E-state index contributed by atoms with van der Waals surface area (Å²) >= 11 is 0. The average Bonchev–Trinajstić information content (AvgIpc) is 3.40. The summed E-state index contributed by atoms with van der Waals surface area (Å²) in [5, 5.41) is 11.6. The van der Waals surface area contributed by atoms with Crippen LogP contribution in [0.2, 0.25) is 0 Å². The first-order valence-corrected chi connectivity index (χ1v) is 14.0. The number of hydrogen-bond donors (Lipinski definition) is 1. The van der Waals surface area contributed by atoms with Crippen molar-refractivity contribution in [1.82, 2.24) is 24.3 Å². The number of pyridine rings is 1. The molecule has 2 aliphatic rings. The number of likely N-dealkylation sites (tertiary alicyclic amines) is 2. The number of rotatable bonds is 4. The first kappa shape index (κ1) is 30.8. The SMILES string of the molecule is CC(=O)N1CCC(C(O)(c2ccc3nc(C(F)(F)F)c(C(=O)N4CCCCC4)c(C(F)(F)F)c3c2)c2cncn2C)CC1. The van der Waals surface area contributed by atoms with Crippen molar-refractivity contribution in [2.45, 2.75) is 57.0 Å². The number of aromatic nitrogens is 3. The summed E-state index contributed by atoms with van der Waals surface area (Å²) in [5.74, 6) is -2.11. The minimum atomic E-state index is -5.36. The Kier molecular flexibility index (Phi) is 7.95. The van der Waals surface area contributed by atoms with E-state index in [0.29, 0.717) is 45.2 Å². The summed E-state index contributed by atoms with van der Waals surface area (Å²) in [7, 11) is 1.60. The highest BCUT2D eigenvalue weighted by molar-refractivity contribution is 6.02. The normalized spacial score (nSPS) is 18.6. The molecule has 43 heavy (non-hydrogen) atoms. The van der Waals surface area contributed by atoms with E-state index in [1.54, 1.807) is 11.9 Å². The molecular formula is C29H31F6N5O3.